The molecule has 11 heteroatoms. The predicted octanol–water partition coefficient (Wildman–Crippen LogP) is 4.34. The molecule has 35 heavy (non-hydrogen) atoms. The van der Waals surface area contributed by atoms with Crippen molar-refractivity contribution >= 4 is 40.8 Å². The number of ether oxygens (including phenoxy) is 2. The van der Waals surface area contributed by atoms with E-state index >= 15 is 0 Å². The third-order valence-electron chi connectivity index (χ3n) is 4.58. The predicted molar refractivity (Wildman–Crippen MR) is 128 cm³/mol. The zero-order valence-corrected chi connectivity index (χ0v) is 19.2. The van der Waals surface area contributed by atoms with Crippen LogP contribution in [0.3, 0.4) is 0 Å². The van der Waals surface area contributed by atoms with E-state index in [1.807, 2.05) is 18.2 Å². The molecule has 0 saturated carbocycles. The van der Waals surface area contributed by atoms with Gasteiger partial charge in [0.15, 0.2) is 6.10 Å². The number of nitro benzene ring substituents is 1. The van der Waals surface area contributed by atoms with Crippen molar-refractivity contribution in [2.24, 2.45) is 0 Å². The molecule has 0 spiro atoms. The average Bonchev–Trinajstić information content (AvgIpc) is 2.84. The van der Waals surface area contributed by atoms with Crippen LogP contribution in [0.4, 0.5) is 11.4 Å². The number of carbonyl (C=O) groups is 3. The molecule has 1 unspecified atom stereocenters. The standard InChI is InChI=1S/C24H20ClN3O7/c1-15(23(30)27-21-13-17(28(32)33)9-12-20(21)25)34-22(29)14-26-24(31)16-7-10-19(11-8-16)35-18-5-3-2-4-6-18/h2-13,15H,14H2,1H3,(H,26,31)(H,27,30). The monoisotopic (exact) mass is 497 g/mol. The third kappa shape index (κ3) is 7.27. The number of carbonyl (C=O) groups excluding carboxylic acids is 3. The van der Waals surface area contributed by atoms with Crippen LogP contribution in [0.5, 0.6) is 11.5 Å². The van der Waals surface area contributed by atoms with Crippen LogP contribution in [0.2, 0.25) is 5.02 Å². The van der Waals surface area contributed by atoms with E-state index in [-0.39, 0.29) is 16.4 Å². The van der Waals surface area contributed by atoms with Gasteiger partial charge >= 0.3 is 5.97 Å². The highest BCUT2D eigenvalue weighted by Gasteiger charge is 2.20. The summed E-state index contributed by atoms with van der Waals surface area (Å²) in [6.07, 6.45) is -1.25. The maximum atomic E-state index is 12.3. The molecule has 180 valence electrons. The maximum absolute atomic E-state index is 12.3. The summed E-state index contributed by atoms with van der Waals surface area (Å²) in [7, 11) is 0. The number of rotatable bonds is 9. The van der Waals surface area contributed by atoms with Crippen molar-refractivity contribution in [2.75, 3.05) is 11.9 Å². The largest absolute Gasteiger partial charge is 0.457 e. The highest BCUT2D eigenvalue weighted by atomic mass is 35.5. The van der Waals surface area contributed by atoms with Crippen molar-refractivity contribution in [3.05, 3.63) is 93.5 Å². The van der Waals surface area contributed by atoms with Crippen LogP contribution < -0.4 is 15.4 Å². The number of hydrogen-bond acceptors (Lipinski definition) is 7. The number of nitro groups is 1. The zero-order valence-electron chi connectivity index (χ0n) is 18.4. The van der Waals surface area contributed by atoms with Crippen molar-refractivity contribution < 1.29 is 28.8 Å². The lowest BCUT2D eigenvalue weighted by Crippen LogP contribution is -2.35. The van der Waals surface area contributed by atoms with Crippen LogP contribution in [-0.4, -0.2) is 35.4 Å². The normalized spacial score (nSPS) is 11.1. The minimum absolute atomic E-state index is 0.00163. The van der Waals surface area contributed by atoms with Gasteiger partial charge in [-0.25, -0.2) is 0 Å². The highest BCUT2D eigenvalue weighted by Crippen LogP contribution is 2.27. The summed E-state index contributed by atoms with van der Waals surface area (Å²) in [5, 5.41) is 15.7. The van der Waals surface area contributed by atoms with E-state index in [0.29, 0.717) is 17.1 Å². The van der Waals surface area contributed by atoms with Gasteiger partial charge in [-0.05, 0) is 49.4 Å². The number of anilines is 1. The number of benzene rings is 3. The summed E-state index contributed by atoms with van der Waals surface area (Å²) in [4.78, 5) is 46.9. The smallest absolute Gasteiger partial charge is 0.326 e. The van der Waals surface area contributed by atoms with Gasteiger partial charge in [-0.1, -0.05) is 29.8 Å². The molecular weight excluding hydrogens is 478 g/mol. The molecule has 0 aliphatic rings. The summed E-state index contributed by atoms with van der Waals surface area (Å²) < 4.78 is 10.7. The molecule has 0 aliphatic carbocycles. The molecule has 1 atom stereocenters. The molecule has 0 saturated heterocycles. The van der Waals surface area contributed by atoms with E-state index in [1.165, 1.54) is 31.2 Å². The Morgan fingerprint density at radius 1 is 1.00 bits per heavy atom. The maximum Gasteiger partial charge on any atom is 0.326 e. The Labute approximate surface area is 205 Å². The Hall–Kier alpha value is -4.44. The Bertz CT molecular complexity index is 1230. The van der Waals surface area contributed by atoms with Crippen molar-refractivity contribution in [1.82, 2.24) is 5.32 Å². The van der Waals surface area contributed by atoms with E-state index in [4.69, 9.17) is 21.1 Å². The third-order valence-corrected chi connectivity index (χ3v) is 4.91. The molecule has 0 radical (unpaired) electrons. The van der Waals surface area contributed by atoms with Crippen molar-refractivity contribution in [2.45, 2.75) is 13.0 Å². The Balaban J connectivity index is 1.47. The highest BCUT2D eigenvalue weighted by molar-refractivity contribution is 6.33. The Morgan fingerprint density at radius 3 is 2.31 bits per heavy atom. The van der Waals surface area contributed by atoms with Crippen LogP contribution in [0.25, 0.3) is 0 Å². The van der Waals surface area contributed by atoms with Gasteiger partial charge in [-0.3, -0.25) is 24.5 Å². The first-order valence-electron chi connectivity index (χ1n) is 10.3. The van der Waals surface area contributed by atoms with Gasteiger partial charge in [0.05, 0.1) is 15.6 Å². The average molecular weight is 498 g/mol. The molecular formula is C24H20ClN3O7. The summed E-state index contributed by atoms with van der Waals surface area (Å²) in [6, 6.07) is 19.0. The molecule has 10 nitrogen and oxygen atoms in total. The molecule has 3 rings (SSSR count). The van der Waals surface area contributed by atoms with Crippen LogP contribution in [-0.2, 0) is 14.3 Å². The fourth-order valence-electron chi connectivity index (χ4n) is 2.80. The van der Waals surface area contributed by atoms with Crippen molar-refractivity contribution in [1.29, 1.82) is 0 Å². The summed E-state index contributed by atoms with van der Waals surface area (Å²) >= 11 is 5.95. The number of hydrogen-bond donors (Lipinski definition) is 2. The van der Waals surface area contributed by atoms with Crippen LogP contribution in [0, 0.1) is 10.1 Å². The number of esters is 1. The second kappa shape index (κ2) is 11.6. The second-order valence-electron chi connectivity index (χ2n) is 7.16. The number of amides is 2. The number of halogens is 1. The second-order valence-corrected chi connectivity index (χ2v) is 7.57. The number of non-ortho nitro benzene ring substituents is 1. The molecule has 0 fully saturated rings. The van der Waals surface area contributed by atoms with E-state index in [1.54, 1.807) is 24.3 Å². The summed E-state index contributed by atoms with van der Waals surface area (Å²) in [5.41, 5.74) is 0.0304. The van der Waals surface area contributed by atoms with E-state index < -0.39 is 35.4 Å². The van der Waals surface area contributed by atoms with Gasteiger partial charge < -0.3 is 20.1 Å². The van der Waals surface area contributed by atoms with Gasteiger partial charge in [0, 0.05) is 17.7 Å². The first-order valence-corrected chi connectivity index (χ1v) is 10.7. The molecule has 0 aromatic heterocycles. The SMILES string of the molecule is CC(OC(=O)CNC(=O)c1ccc(Oc2ccccc2)cc1)C(=O)Nc1cc([N+](=O)[O-])ccc1Cl. The lowest BCUT2D eigenvalue weighted by molar-refractivity contribution is -0.384. The fraction of sp³-hybridized carbons (Fsp3) is 0.125. The Kier molecular flexibility index (Phi) is 8.36. The molecule has 2 N–H and O–H groups in total. The Morgan fingerprint density at radius 2 is 1.66 bits per heavy atom. The lowest BCUT2D eigenvalue weighted by Gasteiger charge is -2.14. The zero-order chi connectivity index (χ0) is 25.4. The minimum Gasteiger partial charge on any atom is -0.457 e. The molecule has 0 bridgehead atoms. The molecule has 2 amide bonds. The van der Waals surface area contributed by atoms with Gasteiger partial charge in [-0.2, -0.15) is 0 Å². The molecule has 3 aromatic carbocycles. The van der Waals surface area contributed by atoms with Crippen LogP contribution in [0.1, 0.15) is 17.3 Å². The number of nitrogens with one attached hydrogen (secondary N) is 2. The van der Waals surface area contributed by atoms with E-state index in [0.717, 1.165) is 6.07 Å². The fourth-order valence-corrected chi connectivity index (χ4v) is 2.97. The van der Waals surface area contributed by atoms with E-state index in [2.05, 4.69) is 10.6 Å². The van der Waals surface area contributed by atoms with Gasteiger partial charge in [-0.15, -0.1) is 0 Å². The summed E-state index contributed by atoms with van der Waals surface area (Å²) in [5.74, 6) is -0.931. The molecule has 0 aliphatic heterocycles. The van der Waals surface area contributed by atoms with Gasteiger partial charge in [0.2, 0.25) is 0 Å². The first-order chi connectivity index (χ1) is 16.7. The summed E-state index contributed by atoms with van der Waals surface area (Å²) in [6.45, 7) is 0.835. The lowest BCUT2D eigenvalue weighted by atomic mass is 10.2. The molecule has 0 heterocycles. The van der Waals surface area contributed by atoms with Crippen LogP contribution in [0.15, 0.2) is 72.8 Å². The van der Waals surface area contributed by atoms with Crippen molar-refractivity contribution in [3.63, 3.8) is 0 Å². The van der Waals surface area contributed by atoms with Crippen molar-refractivity contribution in [3.8, 4) is 11.5 Å². The number of para-hydroxylation sites is 1. The topological polar surface area (TPSA) is 137 Å². The minimum atomic E-state index is -1.25. The van der Waals surface area contributed by atoms with Crippen LogP contribution >= 0.6 is 11.6 Å². The van der Waals surface area contributed by atoms with E-state index in [9.17, 15) is 24.5 Å². The molecule has 3 aromatic rings. The quantitative estimate of drug-likeness (QED) is 0.255. The first kappa shape index (κ1) is 25.2. The number of nitrogens with zero attached hydrogens (tertiary/aromatic N) is 1. The van der Waals surface area contributed by atoms with Gasteiger partial charge in [0.1, 0.15) is 18.0 Å². The van der Waals surface area contributed by atoms with Gasteiger partial charge in [0.25, 0.3) is 17.5 Å².